The van der Waals surface area contributed by atoms with Crippen LogP contribution in [-0.2, 0) is 0 Å². The Morgan fingerprint density at radius 3 is 1.65 bits per heavy atom. The molecule has 40 heavy (non-hydrogen) atoms. The van der Waals surface area contributed by atoms with Gasteiger partial charge in [-0.3, -0.25) is 0 Å². The third-order valence-electron chi connectivity index (χ3n) is 6.54. The molecule has 0 spiro atoms. The van der Waals surface area contributed by atoms with Gasteiger partial charge in [0.25, 0.3) is 0 Å². The molecule has 4 heterocycles. The average molecular weight is 650 g/mol. The second kappa shape index (κ2) is 16.3. The van der Waals surface area contributed by atoms with E-state index in [0.717, 1.165) is 64.0 Å². The normalized spacial score (nSPS) is 14.8. The number of hydrogen-bond donors (Lipinski definition) is 4. The van der Waals surface area contributed by atoms with Gasteiger partial charge in [0, 0.05) is 70.3 Å². The minimum atomic E-state index is -1.34. The third kappa shape index (κ3) is 9.00. The smallest absolute Gasteiger partial charge is 0.423 e. The number of nitrogens with zero attached hydrogens (tertiary/aromatic N) is 4. The lowest BCUT2D eigenvalue weighted by atomic mass is 9.81. The maximum absolute atomic E-state index is 8.58. The van der Waals surface area contributed by atoms with E-state index >= 15 is 0 Å². The first kappa shape index (κ1) is 29.9. The van der Waals surface area contributed by atoms with Crippen LogP contribution in [-0.4, -0.2) is 79.5 Å². The molecule has 2 aromatic heterocycles. The zero-order chi connectivity index (χ0) is 28.0. The van der Waals surface area contributed by atoms with Gasteiger partial charge in [0.2, 0.25) is 0 Å². The minimum Gasteiger partial charge on any atom is -0.423 e. The van der Waals surface area contributed by atoms with Crippen LogP contribution in [0.15, 0.2) is 97.3 Å². The molecule has 0 unspecified atom stereocenters. The van der Waals surface area contributed by atoms with Crippen molar-refractivity contribution in [2.75, 3.05) is 62.2 Å². The number of anilines is 2. The van der Waals surface area contributed by atoms with E-state index in [0.29, 0.717) is 5.46 Å². The molecule has 2 fully saturated rings. The van der Waals surface area contributed by atoms with Crippen molar-refractivity contribution in [2.24, 2.45) is 0 Å². The van der Waals surface area contributed by atoms with Gasteiger partial charge in [-0.25, -0.2) is 9.97 Å². The summed E-state index contributed by atoms with van der Waals surface area (Å²) in [4.78, 5) is 13.7. The lowest BCUT2D eigenvalue weighted by Crippen LogP contribution is -2.44. The van der Waals surface area contributed by atoms with Crippen LogP contribution in [0.1, 0.15) is 0 Å². The zero-order valence-electron chi connectivity index (χ0n) is 22.5. The quantitative estimate of drug-likeness (QED) is 0.198. The summed E-state index contributed by atoms with van der Waals surface area (Å²) in [7, 11) is -1.34. The van der Waals surface area contributed by atoms with Crippen LogP contribution in [0.2, 0.25) is 0 Å². The van der Waals surface area contributed by atoms with E-state index in [4.69, 9.17) is 10.0 Å². The fraction of sp³-hybridized carbons (Fsp3) is 0.267. The standard InChI is InChI=1S/C15H17N3.C9H12IN3.C6H7BO2/c1-2-5-13(6-3-1)14-7-4-8-17-15(14)18-11-9-16-10-12-18;10-8-2-1-3-12-9(8)13-6-4-11-5-7-13;8-7(9)6-4-2-1-3-5-6/h1-8,16H,9-12H2;1-3,11H,4-7H2;1-5,8-9H. The van der Waals surface area contributed by atoms with Crippen LogP contribution in [0, 0.1) is 3.57 Å². The van der Waals surface area contributed by atoms with Gasteiger partial charge in [-0.1, -0.05) is 60.7 Å². The second-order valence-corrected chi connectivity index (χ2v) is 10.5. The first-order chi connectivity index (χ1) is 19.6. The Morgan fingerprint density at radius 2 is 1.12 bits per heavy atom. The number of hydrogen-bond acceptors (Lipinski definition) is 8. The highest BCUT2D eigenvalue weighted by Crippen LogP contribution is 2.28. The van der Waals surface area contributed by atoms with Gasteiger partial charge in [-0.05, 0) is 57.9 Å². The van der Waals surface area contributed by atoms with Gasteiger partial charge in [-0.15, -0.1) is 0 Å². The van der Waals surface area contributed by atoms with Crippen LogP contribution in [0.4, 0.5) is 11.6 Å². The molecule has 0 bridgehead atoms. The topological polar surface area (TPSA) is 96.8 Å². The Bertz CT molecular complexity index is 1270. The van der Waals surface area contributed by atoms with Gasteiger partial charge in [-0.2, -0.15) is 0 Å². The van der Waals surface area contributed by atoms with Crippen molar-refractivity contribution in [3.05, 3.63) is 101 Å². The Kier molecular flexibility index (Phi) is 12.2. The van der Waals surface area contributed by atoms with Crippen LogP contribution in [0.5, 0.6) is 0 Å². The van der Waals surface area contributed by atoms with Crippen molar-refractivity contribution < 1.29 is 10.0 Å². The molecule has 0 amide bonds. The highest BCUT2D eigenvalue weighted by molar-refractivity contribution is 14.1. The van der Waals surface area contributed by atoms with Crippen molar-refractivity contribution in [3.8, 4) is 11.1 Å². The van der Waals surface area contributed by atoms with E-state index in [2.05, 4.69) is 89.4 Å². The summed E-state index contributed by atoms with van der Waals surface area (Å²) in [5, 5.41) is 23.9. The van der Waals surface area contributed by atoms with Crippen molar-refractivity contribution in [2.45, 2.75) is 0 Å². The van der Waals surface area contributed by atoms with Crippen molar-refractivity contribution in [1.82, 2.24) is 20.6 Å². The highest BCUT2D eigenvalue weighted by atomic mass is 127. The van der Waals surface area contributed by atoms with Crippen LogP contribution in [0.3, 0.4) is 0 Å². The molecule has 208 valence electrons. The van der Waals surface area contributed by atoms with Gasteiger partial charge >= 0.3 is 7.12 Å². The first-order valence-electron chi connectivity index (χ1n) is 13.6. The third-order valence-corrected chi connectivity index (χ3v) is 7.38. The molecule has 8 nitrogen and oxygen atoms in total. The SMILES string of the molecule is Ic1cccnc1N1CCNCC1.OB(O)c1ccccc1.c1ccc(-c2cccnc2N2CCNCC2)cc1. The van der Waals surface area contributed by atoms with E-state index in [1.165, 1.54) is 14.7 Å². The Morgan fingerprint density at radius 1 is 0.625 bits per heavy atom. The summed E-state index contributed by atoms with van der Waals surface area (Å²) in [5.74, 6) is 2.23. The molecule has 0 atom stereocenters. The fourth-order valence-electron chi connectivity index (χ4n) is 4.48. The molecular formula is C30H36BIN6O2. The zero-order valence-corrected chi connectivity index (χ0v) is 24.7. The van der Waals surface area contributed by atoms with E-state index in [1.807, 2.05) is 36.7 Å². The molecule has 0 saturated carbocycles. The largest absolute Gasteiger partial charge is 0.488 e. The Hall–Kier alpha value is -3.03. The molecular weight excluding hydrogens is 614 g/mol. The molecule has 2 saturated heterocycles. The summed E-state index contributed by atoms with van der Waals surface area (Å²) in [5.41, 5.74) is 2.98. The predicted octanol–water partition coefficient (Wildman–Crippen LogP) is 2.62. The summed E-state index contributed by atoms with van der Waals surface area (Å²) in [6.07, 6.45) is 3.74. The van der Waals surface area contributed by atoms with Gasteiger partial charge in [0.1, 0.15) is 11.6 Å². The lowest BCUT2D eigenvalue weighted by molar-refractivity contribution is 0.426. The number of nitrogens with one attached hydrogen (secondary N) is 2. The molecule has 0 radical (unpaired) electrons. The summed E-state index contributed by atoms with van der Waals surface area (Å²) < 4.78 is 1.24. The van der Waals surface area contributed by atoms with Crippen LogP contribution in [0.25, 0.3) is 11.1 Å². The lowest BCUT2D eigenvalue weighted by Gasteiger charge is -2.30. The number of piperazine rings is 2. The molecule has 2 aromatic carbocycles. The molecule has 10 heteroatoms. The van der Waals surface area contributed by atoms with Gasteiger partial charge < -0.3 is 30.5 Å². The number of rotatable bonds is 4. The van der Waals surface area contributed by atoms with Crippen molar-refractivity contribution >= 4 is 46.8 Å². The van der Waals surface area contributed by atoms with Crippen molar-refractivity contribution in [3.63, 3.8) is 0 Å². The van der Waals surface area contributed by atoms with E-state index in [9.17, 15) is 0 Å². The molecule has 6 rings (SSSR count). The summed E-state index contributed by atoms with van der Waals surface area (Å²) in [6.45, 7) is 8.36. The summed E-state index contributed by atoms with van der Waals surface area (Å²) in [6, 6.07) is 27.4. The maximum atomic E-state index is 8.58. The van der Waals surface area contributed by atoms with Crippen LogP contribution < -0.4 is 25.9 Å². The highest BCUT2D eigenvalue weighted by Gasteiger charge is 2.16. The molecule has 4 aromatic rings. The van der Waals surface area contributed by atoms with Gasteiger partial charge in [0.05, 0.1) is 3.57 Å². The monoisotopic (exact) mass is 650 g/mol. The average Bonchev–Trinajstić information content (AvgIpc) is 3.04. The van der Waals surface area contributed by atoms with Gasteiger partial charge in [0.15, 0.2) is 0 Å². The molecule has 4 N–H and O–H groups in total. The Balaban J connectivity index is 0.000000148. The minimum absolute atomic E-state index is 0.525. The Labute approximate surface area is 250 Å². The summed E-state index contributed by atoms with van der Waals surface area (Å²) >= 11 is 2.34. The van der Waals surface area contributed by atoms with E-state index in [1.54, 1.807) is 24.3 Å². The fourth-order valence-corrected chi connectivity index (χ4v) is 5.17. The van der Waals surface area contributed by atoms with E-state index < -0.39 is 7.12 Å². The van der Waals surface area contributed by atoms with E-state index in [-0.39, 0.29) is 0 Å². The van der Waals surface area contributed by atoms with Crippen molar-refractivity contribution in [1.29, 1.82) is 0 Å². The first-order valence-corrected chi connectivity index (χ1v) is 14.6. The number of pyridine rings is 2. The number of halogens is 1. The molecule has 0 aliphatic carbocycles. The number of aromatic nitrogens is 2. The molecule has 2 aliphatic rings. The maximum Gasteiger partial charge on any atom is 0.488 e. The van der Waals surface area contributed by atoms with Crippen LogP contribution >= 0.6 is 22.6 Å². The molecule has 2 aliphatic heterocycles. The number of benzene rings is 2. The predicted molar refractivity (Wildman–Crippen MR) is 173 cm³/mol. The second-order valence-electron chi connectivity index (χ2n) is 9.31.